The van der Waals surface area contributed by atoms with Crippen LogP contribution in [0.25, 0.3) is 0 Å². The van der Waals surface area contributed by atoms with Crippen LogP contribution in [0, 0.1) is 0 Å². The third-order valence-corrected chi connectivity index (χ3v) is 4.28. The van der Waals surface area contributed by atoms with E-state index in [1.54, 1.807) is 5.71 Å². The van der Waals surface area contributed by atoms with Crippen LogP contribution in [-0.2, 0) is 17.8 Å². The molecule has 2 rings (SSSR count). The van der Waals surface area contributed by atoms with E-state index in [1.807, 2.05) is 10.9 Å². The van der Waals surface area contributed by atoms with Crippen LogP contribution in [0.5, 0.6) is 0 Å². The summed E-state index contributed by atoms with van der Waals surface area (Å²) in [6.45, 7) is 6.04. The second-order valence-corrected chi connectivity index (χ2v) is 6.12. The maximum atomic E-state index is 11.0. The zero-order valence-electron chi connectivity index (χ0n) is 14.1. The fraction of sp³-hybridized carbons (Fsp3) is 0.647. The Morgan fingerprint density at radius 2 is 2.26 bits per heavy atom. The van der Waals surface area contributed by atoms with Gasteiger partial charge in [-0.1, -0.05) is 11.8 Å². The summed E-state index contributed by atoms with van der Waals surface area (Å²) in [6.07, 6.45) is 11.3. The van der Waals surface area contributed by atoms with Crippen molar-refractivity contribution >= 4 is 11.6 Å². The number of carbonyl (C=O) groups is 1. The molecule has 0 saturated carbocycles. The molecule has 0 radical (unpaired) electrons. The standard InChI is InChI=1S/C17H27N5O/c1-3-17(23)18-11-7-13-22-14-15(19-20-22)8-4-5-9-16-10-6-12-21(16)2/h3,14H,1,4-13H2,2H3/p+1. The molecule has 126 valence electrons. The molecule has 2 heterocycles. The Morgan fingerprint density at radius 1 is 1.43 bits per heavy atom. The van der Waals surface area contributed by atoms with Crippen molar-refractivity contribution in [2.24, 2.45) is 0 Å². The molecule has 0 unspecified atom stereocenters. The molecule has 1 amide bonds. The minimum Gasteiger partial charge on any atom is -0.353 e. The van der Waals surface area contributed by atoms with Crippen LogP contribution in [0.1, 0.15) is 44.2 Å². The smallest absolute Gasteiger partial charge is 0.243 e. The second kappa shape index (κ2) is 9.22. The van der Waals surface area contributed by atoms with Crippen LogP contribution < -0.4 is 5.32 Å². The van der Waals surface area contributed by atoms with E-state index >= 15 is 0 Å². The van der Waals surface area contributed by atoms with Gasteiger partial charge in [0.05, 0.1) is 5.69 Å². The number of hydrogen-bond acceptors (Lipinski definition) is 3. The predicted octanol–water partition coefficient (Wildman–Crippen LogP) is 1.56. The Hall–Kier alpha value is -1.98. The number of unbranched alkanes of at least 4 members (excludes halogenated alkanes) is 1. The summed E-state index contributed by atoms with van der Waals surface area (Å²) in [5.41, 5.74) is 2.67. The van der Waals surface area contributed by atoms with Gasteiger partial charge in [-0.25, -0.2) is 4.58 Å². The van der Waals surface area contributed by atoms with E-state index in [4.69, 9.17) is 0 Å². The first-order valence-corrected chi connectivity index (χ1v) is 8.54. The minimum absolute atomic E-state index is 0.130. The number of rotatable bonds is 10. The molecule has 23 heavy (non-hydrogen) atoms. The molecule has 0 aromatic carbocycles. The number of nitrogens with one attached hydrogen (secondary N) is 1. The highest BCUT2D eigenvalue weighted by molar-refractivity contribution is 5.86. The Labute approximate surface area is 138 Å². The molecule has 0 bridgehead atoms. The van der Waals surface area contributed by atoms with Crippen LogP contribution in [0.2, 0.25) is 0 Å². The van der Waals surface area contributed by atoms with Gasteiger partial charge in [-0.05, 0) is 31.8 Å². The third kappa shape index (κ3) is 5.96. The number of amides is 1. The summed E-state index contributed by atoms with van der Waals surface area (Å²) in [7, 11) is 2.20. The van der Waals surface area contributed by atoms with Gasteiger partial charge in [0.25, 0.3) is 0 Å². The molecule has 0 aliphatic carbocycles. The number of carbonyl (C=O) groups excluding carboxylic acids is 1. The van der Waals surface area contributed by atoms with E-state index in [0.717, 1.165) is 31.5 Å². The van der Waals surface area contributed by atoms with E-state index < -0.39 is 0 Å². The third-order valence-electron chi connectivity index (χ3n) is 4.28. The van der Waals surface area contributed by atoms with Gasteiger partial charge < -0.3 is 5.32 Å². The summed E-state index contributed by atoms with van der Waals surface area (Å²) in [5.74, 6) is -0.130. The van der Waals surface area contributed by atoms with Crippen molar-refractivity contribution in [3.8, 4) is 0 Å². The van der Waals surface area contributed by atoms with Crippen molar-refractivity contribution in [2.45, 2.75) is 51.5 Å². The van der Waals surface area contributed by atoms with Crippen LogP contribution in [0.15, 0.2) is 18.9 Å². The van der Waals surface area contributed by atoms with Crippen molar-refractivity contribution in [1.29, 1.82) is 0 Å². The van der Waals surface area contributed by atoms with Gasteiger partial charge in [0.2, 0.25) is 5.91 Å². The first-order chi connectivity index (χ1) is 11.2. The summed E-state index contributed by atoms with van der Waals surface area (Å²) >= 11 is 0. The van der Waals surface area contributed by atoms with E-state index in [-0.39, 0.29) is 5.91 Å². The summed E-state index contributed by atoms with van der Waals surface area (Å²) in [5, 5.41) is 11.1. The molecule has 1 aliphatic heterocycles. The average Bonchev–Trinajstić information content (AvgIpc) is 3.17. The fourth-order valence-electron chi connectivity index (χ4n) is 2.91. The normalized spacial score (nSPS) is 14.3. The molecule has 1 aliphatic rings. The predicted molar refractivity (Wildman–Crippen MR) is 90.7 cm³/mol. The lowest BCUT2D eigenvalue weighted by Gasteiger charge is -2.01. The van der Waals surface area contributed by atoms with Crippen molar-refractivity contribution in [3.05, 3.63) is 24.5 Å². The van der Waals surface area contributed by atoms with Crippen molar-refractivity contribution < 1.29 is 9.37 Å². The minimum atomic E-state index is -0.130. The van der Waals surface area contributed by atoms with Crippen molar-refractivity contribution in [3.63, 3.8) is 0 Å². The molecule has 0 spiro atoms. The number of hydrogen-bond donors (Lipinski definition) is 1. The van der Waals surface area contributed by atoms with E-state index in [0.29, 0.717) is 6.54 Å². The van der Waals surface area contributed by atoms with Gasteiger partial charge in [-0.3, -0.25) is 9.48 Å². The topological polar surface area (TPSA) is 62.8 Å². The van der Waals surface area contributed by atoms with Gasteiger partial charge >= 0.3 is 0 Å². The zero-order chi connectivity index (χ0) is 16.5. The highest BCUT2D eigenvalue weighted by atomic mass is 16.1. The molecule has 1 aromatic rings. The monoisotopic (exact) mass is 318 g/mol. The van der Waals surface area contributed by atoms with Gasteiger partial charge in [-0.15, -0.1) is 5.10 Å². The molecular weight excluding hydrogens is 290 g/mol. The first kappa shape index (κ1) is 17.4. The summed E-state index contributed by atoms with van der Waals surface area (Å²) in [4.78, 5) is 11.0. The molecule has 6 nitrogen and oxygen atoms in total. The molecule has 0 fully saturated rings. The maximum absolute atomic E-state index is 11.0. The molecule has 0 atom stereocenters. The van der Waals surface area contributed by atoms with Crippen molar-refractivity contribution in [1.82, 2.24) is 20.3 Å². The average molecular weight is 318 g/mol. The Kier molecular flexibility index (Phi) is 6.97. The maximum Gasteiger partial charge on any atom is 0.243 e. The lowest BCUT2D eigenvalue weighted by atomic mass is 10.1. The SMILES string of the molecule is C=CC(=O)NCCCn1cc(CCCCC2=[N+](C)CCC2)nn1. The fourth-order valence-corrected chi connectivity index (χ4v) is 2.91. The number of nitrogens with zero attached hydrogens (tertiary/aromatic N) is 4. The Balaban J connectivity index is 1.60. The van der Waals surface area contributed by atoms with Crippen molar-refractivity contribution in [2.75, 3.05) is 20.1 Å². The Bertz CT molecular complexity index is 561. The van der Waals surface area contributed by atoms with E-state index in [9.17, 15) is 4.79 Å². The largest absolute Gasteiger partial charge is 0.353 e. The molecule has 6 heteroatoms. The van der Waals surface area contributed by atoms with Gasteiger partial charge in [0.15, 0.2) is 5.71 Å². The number of aromatic nitrogens is 3. The molecule has 1 aromatic heterocycles. The van der Waals surface area contributed by atoms with Crippen LogP contribution in [0.3, 0.4) is 0 Å². The lowest BCUT2D eigenvalue weighted by Crippen LogP contribution is -2.22. The van der Waals surface area contributed by atoms with Crippen LogP contribution in [0.4, 0.5) is 0 Å². The summed E-state index contributed by atoms with van der Waals surface area (Å²) < 4.78 is 4.26. The van der Waals surface area contributed by atoms with E-state index in [2.05, 4.69) is 33.8 Å². The van der Waals surface area contributed by atoms with Crippen LogP contribution in [-0.4, -0.2) is 51.3 Å². The molecule has 1 N–H and O–H groups in total. The molecular formula is C17H28N5O+. The van der Waals surface area contributed by atoms with Crippen LogP contribution >= 0.6 is 0 Å². The summed E-state index contributed by atoms with van der Waals surface area (Å²) in [6, 6.07) is 0. The van der Waals surface area contributed by atoms with E-state index in [1.165, 1.54) is 38.3 Å². The number of aryl methyl sites for hydroxylation is 2. The second-order valence-electron chi connectivity index (χ2n) is 6.12. The highest BCUT2D eigenvalue weighted by Crippen LogP contribution is 2.11. The lowest BCUT2D eigenvalue weighted by molar-refractivity contribution is -0.489. The molecule has 0 saturated heterocycles. The quantitative estimate of drug-likeness (QED) is 0.404. The first-order valence-electron chi connectivity index (χ1n) is 8.54. The van der Waals surface area contributed by atoms with Gasteiger partial charge in [-0.2, -0.15) is 0 Å². The Morgan fingerprint density at radius 3 is 3.00 bits per heavy atom. The van der Waals surface area contributed by atoms with Gasteiger partial charge in [0.1, 0.15) is 13.6 Å². The van der Waals surface area contributed by atoms with Gasteiger partial charge in [0, 0.05) is 38.5 Å². The highest BCUT2D eigenvalue weighted by Gasteiger charge is 2.17. The zero-order valence-corrected chi connectivity index (χ0v) is 14.1.